The summed E-state index contributed by atoms with van der Waals surface area (Å²) in [5.41, 5.74) is 2.52. The number of fused-ring (bicyclic) bond motifs is 1. The number of aromatic amines is 1. The average molecular weight is 390 g/mol. The third kappa shape index (κ3) is 3.46. The maximum absolute atomic E-state index is 13.2. The molecule has 1 aromatic carbocycles. The standard InChI is InChI=1S/C22H26N6O/c1-16-5-2-3-6-18(16)22-19-13-26(14-20-23-8-9-24-20)11-17(19)12-28(22)21(29)15-27-10-4-7-25-27/h2-10,17,19,22H,11-15H2,1H3,(H,23,24)/t17-,19-,22+/m0/s1. The number of nitrogens with zero attached hydrogens (tertiary/aromatic N) is 5. The van der Waals surface area contributed by atoms with E-state index in [0.29, 0.717) is 18.4 Å². The van der Waals surface area contributed by atoms with Crippen molar-refractivity contribution >= 4 is 5.91 Å². The maximum atomic E-state index is 13.2. The Labute approximate surface area is 170 Å². The van der Waals surface area contributed by atoms with Gasteiger partial charge in [-0.2, -0.15) is 5.10 Å². The first-order valence-corrected chi connectivity index (χ1v) is 10.2. The van der Waals surface area contributed by atoms with E-state index in [-0.39, 0.29) is 11.9 Å². The van der Waals surface area contributed by atoms with Crippen LogP contribution in [0.5, 0.6) is 0 Å². The highest BCUT2D eigenvalue weighted by Gasteiger charge is 2.49. The van der Waals surface area contributed by atoms with Crippen LogP contribution in [0.15, 0.2) is 55.1 Å². The minimum Gasteiger partial charge on any atom is -0.348 e. The van der Waals surface area contributed by atoms with Gasteiger partial charge in [-0.25, -0.2) is 4.98 Å². The Kier molecular flexibility index (Phi) is 4.67. The zero-order chi connectivity index (χ0) is 19.8. The van der Waals surface area contributed by atoms with E-state index in [1.807, 2.05) is 18.5 Å². The fourth-order valence-electron chi connectivity index (χ4n) is 5.06. The normalized spacial score (nSPS) is 24.2. The summed E-state index contributed by atoms with van der Waals surface area (Å²) in [7, 11) is 0. The zero-order valence-electron chi connectivity index (χ0n) is 16.6. The van der Waals surface area contributed by atoms with Crippen molar-refractivity contribution in [3.63, 3.8) is 0 Å². The van der Waals surface area contributed by atoms with E-state index in [4.69, 9.17) is 0 Å². The molecule has 0 aliphatic carbocycles. The lowest BCUT2D eigenvalue weighted by Gasteiger charge is -2.31. The molecule has 3 aromatic rings. The molecule has 7 nitrogen and oxygen atoms in total. The van der Waals surface area contributed by atoms with Crippen LogP contribution in [0.4, 0.5) is 0 Å². The lowest BCUT2D eigenvalue weighted by Crippen LogP contribution is -2.37. The number of hydrogen-bond donors (Lipinski definition) is 1. The number of nitrogens with one attached hydrogen (secondary N) is 1. The molecule has 2 aliphatic heterocycles. The second-order valence-corrected chi connectivity index (χ2v) is 8.21. The molecule has 2 saturated heterocycles. The Morgan fingerprint density at radius 2 is 2.07 bits per heavy atom. The fourth-order valence-corrected chi connectivity index (χ4v) is 5.06. The molecule has 3 atom stereocenters. The fraction of sp³-hybridized carbons (Fsp3) is 0.409. The number of amides is 1. The molecule has 150 valence electrons. The van der Waals surface area contributed by atoms with Gasteiger partial charge in [0.1, 0.15) is 12.4 Å². The number of benzene rings is 1. The van der Waals surface area contributed by atoms with Gasteiger partial charge in [-0.1, -0.05) is 24.3 Å². The molecule has 0 radical (unpaired) electrons. The minimum absolute atomic E-state index is 0.117. The van der Waals surface area contributed by atoms with Crippen molar-refractivity contribution in [1.82, 2.24) is 29.5 Å². The predicted molar refractivity (Wildman–Crippen MR) is 109 cm³/mol. The molecular formula is C22H26N6O. The van der Waals surface area contributed by atoms with Gasteiger partial charge in [0.25, 0.3) is 0 Å². The number of rotatable bonds is 5. The van der Waals surface area contributed by atoms with Crippen molar-refractivity contribution in [2.24, 2.45) is 11.8 Å². The summed E-state index contributed by atoms with van der Waals surface area (Å²) in [6, 6.07) is 10.5. The van der Waals surface area contributed by atoms with E-state index in [9.17, 15) is 4.79 Å². The number of aryl methyl sites for hydroxylation is 1. The number of carbonyl (C=O) groups is 1. The summed E-state index contributed by atoms with van der Waals surface area (Å²) in [6.07, 6.45) is 7.25. The van der Waals surface area contributed by atoms with E-state index < -0.39 is 0 Å². The van der Waals surface area contributed by atoms with Gasteiger partial charge in [-0.05, 0) is 30.0 Å². The first-order chi connectivity index (χ1) is 14.2. The average Bonchev–Trinajstić information content (AvgIpc) is 3.47. The van der Waals surface area contributed by atoms with Crippen LogP contribution in [0.25, 0.3) is 0 Å². The van der Waals surface area contributed by atoms with Gasteiger partial charge in [0.15, 0.2) is 0 Å². The van der Waals surface area contributed by atoms with Crippen LogP contribution in [0.3, 0.4) is 0 Å². The molecule has 0 saturated carbocycles. The molecule has 0 unspecified atom stereocenters. The Morgan fingerprint density at radius 1 is 1.17 bits per heavy atom. The van der Waals surface area contributed by atoms with Crippen LogP contribution in [0, 0.1) is 18.8 Å². The molecule has 4 heterocycles. The number of imidazole rings is 1. The highest BCUT2D eigenvalue weighted by molar-refractivity contribution is 5.77. The summed E-state index contributed by atoms with van der Waals surface area (Å²) >= 11 is 0. The van der Waals surface area contributed by atoms with Gasteiger partial charge >= 0.3 is 0 Å². The number of hydrogen-bond acceptors (Lipinski definition) is 4. The molecule has 1 amide bonds. The van der Waals surface area contributed by atoms with Crippen LogP contribution in [-0.4, -0.2) is 55.1 Å². The van der Waals surface area contributed by atoms with Crippen molar-refractivity contribution in [1.29, 1.82) is 0 Å². The lowest BCUT2D eigenvalue weighted by atomic mass is 9.87. The summed E-state index contributed by atoms with van der Waals surface area (Å²) in [6.45, 7) is 6.06. The van der Waals surface area contributed by atoms with Crippen LogP contribution >= 0.6 is 0 Å². The largest absolute Gasteiger partial charge is 0.348 e. The molecule has 0 spiro atoms. The summed E-state index contributed by atoms with van der Waals surface area (Å²) < 4.78 is 1.72. The second kappa shape index (κ2) is 7.48. The number of carbonyl (C=O) groups excluding carboxylic acids is 1. The van der Waals surface area contributed by atoms with E-state index >= 15 is 0 Å². The molecule has 2 fully saturated rings. The SMILES string of the molecule is Cc1ccccc1[C@@H]1[C@H]2CN(Cc3ncc[nH]3)C[C@H]2CN1C(=O)Cn1cccn1. The molecule has 29 heavy (non-hydrogen) atoms. The van der Waals surface area contributed by atoms with Crippen LogP contribution in [-0.2, 0) is 17.9 Å². The smallest absolute Gasteiger partial charge is 0.244 e. The Hall–Kier alpha value is -2.93. The highest BCUT2D eigenvalue weighted by atomic mass is 16.2. The quantitative estimate of drug-likeness (QED) is 0.725. The molecule has 7 heteroatoms. The first kappa shape index (κ1) is 18.1. The molecular weight excluding hydrogens is 364 g/mol. The van der Waals surface area contributed by atoms with Crippen molar-refractivity contribution < 1.29 is 4.79 Å². The van der Waals surface area contributed by atoms with E-state index in [0.717, 1.165) is 32.0 Å². The third-order valence-electron chi connectivity index (χ3n) is 6.35. The van der Waals surface area contributed by atoms with E-state index in [1.54, 1.807) is 17.1 Å². The summed E-state index contributed by atoms with van der Waals surface area (Å²) in [5.74, 6) is 2.07. The zero-order valence-corrected chi connectivity index (χ0v) is 16.6. The number of aromatic nitrogens is 4. The summed E-state index contributed by atoms with van der Waals surface area (Å²) in [4.78, 5) is 25.4. The topological polar surface area (TPSA) is 70.1 Å². The van der Waals surface area contributed by atoms with Gasteiger partial charge in [0.05, 0.1) is 12.6 Å². The van der Waals surface area contributed by atoms with Crippen LogP contribution in [0.1, 0.15) is 23.0 Å². The van der Waals surface area contributed by atoms with Gasteiger partial charge in [0, 0.05) is 50.3 Å². The van der Waals surface area contributed by atoms with Crippen LogP contribution < -0.4 is 0 Å². The van der Waals surface area contributed by atoms with Crippen molar-refractivity contribution in [3.8, 4) is 0 Å². The van der Waals surface area contributed by atoms with Gasteiger partial charge in [-0.15, -0.1) is 0 Å². The number of likely N-dealkylation sites (tertiary alicyclic amines) is 2. The molecule has 0 bridgehead atoms. The number of H-pyrrole nitrogens is 1. The van der Waals surface area contributed by atoms with Crippen molar-refractivity contribution in [2.75, 3.05) is 19.6 Å². The third-order valence-corrected chi connectivity index (χ3v) is 6.35. The monoisotopic (exact) mass is 390 g/mol. The lowest BCUT2D eigenvalue weighted by molar-refractivity contribution is -0.133. The highest BCUT2D eigenvalue weighted by Crippen LogP contribution is 2.46. The van der Waals surface area contributed by atoms with Crippen LogP contribution in [0.2, 0.25) is 0 Å². The Balaban J connectivity index is 1.40. The van der Waals surface area contributed by atoms with Crippen molar-refractivity contribution in [3.05, 3.63) is 72.1 Å². The molecule has 2 aromatic heterocycles. The predicted octanol–water partition coefficient (Wildman–Crippen LogP) is 2.25. The van der Waals surface area contributed by atoms with E-state index in [2.05, 4.69) is 56.1 Å². The van der Waals surface area contributed by atoms with Gasteiger partial charge in [0.2, 0.25) is 5.91 Å². The molecule has 1 N–H and O–H groups in total. The Bertz CT molecular complexity index is 967. The maximum Gasteiger partial charge on any atom is 0.244 e. The second-order valence-electron chi connectivity index (χ2n) is 8.21. The molecule has 2 aliphatic rings. The van der Waals surface area contributed by atoms with E-state index in [1.165, 1.54) is 11.1 Å². The minimum atomic E-state index is 0.117. The summed E-state index contributed by atoms with van der Waals surface area (Å²) in [5, 5.41) is 4.22. The first-order valence-electron chi connectivity index (χ1n) is 10.2. The van der Waals surface area contributed by atoms with Crippen molar-refractivity contribution in [2.45, 2.75) is 26.1 Å². The Morgan fingerprint density at radius 3 is 2.83 bits per heavy atom. The van der Waals surface area contributed by atoms with Gasteiger partial charge < -0.3 is 9.88 Å². The molecule has 5 rings (SSSR count). The van der Waals surface area contributed by atoms with Gasteiger partial charge in [-0.3, -0.25) is 14.4 Å².